The number of carbonyl (C=O) groups is 1. The standard InChI is InChI=1S/C19H23ClN8OS/c1-12-13(11-22-24-12)17-25-26-19(30-17)23-18(29)21-10-14-15(20)4-3-5-16(14)28-8-6-27(2)7-9-28/h3-5,11H,6-10H2,1-2H3,(H,22,24)(H2,21,23,26,29). The summed E-state index contributed by atoms with van der Waals surface area (Å²) >= 11 is 7.75. The first-order valence-corrected chi connectivity index (χ1v) is 10.8. The van der Waals surface area contributed by atoms with Crippen LogP contribution in [0.25, 0.3) is 10.6 Å². The average Bonchev–Trinajstić information content (AvgIpc) is 3.36. The lowest BCUT2D eigenvalue weighted by molar-refractivity contribution is 0.251. The highest BCUT2D eigenvalue weighted by Gasteiger charge is 2.19. The van der Waals surface area contributed by atoms with Gasteiger partial charge in [-0.3, -0.25) is 10.4 Å². The number of aromatic amines is 1. The molecule has 1 aliphatic rings. The number of nitrogens with zero attached hydrogens (tertiary/aromatic N) is 5. The molecule has 30 heavy (non-hydrogen) atoms. The van der Waals surface area contributed by atoms with Gasteiger partial charge >= 0.3 is 6.03 Å². The van der Waals surface area contributed by atoms with Gasteiger partial charge in [0.2, 0.25) is 5.13 Å². The summed E-state index contributed by atoms with van der Waals surface area (Å²) < 4.78 is 0. The van der Waals surface area contributed by atoms with Crippen molar-refractivity contribution in [1.82, 2.24) is 30.6 Å². The molecule has 11 heteroatoms. The number of piperazine rings is 1. The van der Waals surface area contributed by atoms with E-state index in [4.69, 9.17) is 11.6 Å². The number of rotatable bonds is 5. The number of amides is 2. The lowest BCUT2D eigenvalue weighted by Crippen LogP contribution is -2.45. The summed E-state index contributed by atoms with van der Waals surface area (Å²) in [4.78, 5) is 17.0. The Labute approximate surface area is 183 Å². The third-order valence-electron chi connectivity index (χ3n) is 5.07. The van der Waals surface area contributed by atoms with E-state index in [0.29, 0.717) is 21.7 Å². The quantitative estimate of drug-likeness (QED) is 0.557. The number of aromatic nitrogens is 4. The van der Waals surface area contributed by atoms with Crippen molar-refractivity contribution in [3.05, 3.63) is 40.7 Å². The Morgan fingerprint density at radius 1 is 1.27 bits per heavy atom. The molecule has 3 heterocycles. The van der Waals surface area contributed by atoms with Gasteiger partial charge in [-0.1, -0.05) is 29.0 Å². The average molecular weight is 447 g/mol. The zero-order valence-electron chi connectivity index (χ0n) is 16.8. The summed E-state index contributed by atoms with van der Waals surface area (Å²) in [5.41, 5.74) is 3.74. The number of hydrogen-bond acceptors (Lipinski definition) is 7. The van der Waals surface area contributed by atoms with Gasteiger partial charge in [0.05, 0.1) is 11.8 Å². The SMILES string of the molecule is Cc1[nH]ncc1-c1nnc(NC(=O)NCc2c(Cl)cccc2N2CCN(C)CC2)s1. The van der Waals surface area contributed by atoms with Crippen molar-refractivity contribution in [2.45, 2.75) is 13.5 Å². The minimum atomic E-state index is -0.356. The molecule has 1 fully saturated rings. The predicted octanol–water partition coefficient (Wildman–Crippen LogP) is 2.96. The van der Waals surface area contributed by atoms with Crippen LogP contribution in [0.3, 0.4) is 0 Å². The highest BCUT2D eigenvalue weighted by molar-refractivity contribution is 7.18. The summed E-state index contributed by atoms with van der Waals surface area (Å²) in [6.07, 6.45) is 1.69. The van der Waals surface area contributed by atoms with E-state index >= 15 is 0 Å². The molecule has 1 aromatic carbocycles. The van der Waals surface area contributed by atoms with Crippen LogP contribution in [0.2, 0.25) is 5.02 Å². The lowest BCUT2D eigenvalue weighted by atomic mass is 10.1. The Hall–Kier alpha value is -2.69. The molecule has 4 rings (SSSR count). The van der Waals surface area contributed by atoms with Gasteiger partial charge < -0.3 is 15.1 Å². The maximum atomic E-state index is 12.4. The molecular formula is C19H23ClN8OS. The van der Waals surface area contributed by atoms with Crippen LogP contribution < -0.4 is 15.5 Å². The van der Waals surface area contributed by atoms with E-state index < -0.39 is 0 Å². The van der Waals surface area contributed by atoms with Crippen molar-refractivity contribution < 1.29 is 4.79 Å². The molecule has 3 aromatic rings. The molecule has 0 unspecified atom stereocenters. The number of halogens is 1. The normalized spacial score (nSPS) is 14.7. The summed E-state index contributed by atoms with van der Waals surface area (Å²) in [7, 11) is 2.12. The van der Waals surface area contributed by atoms with Crippen LogP contribution in [0, 0.1) is 6.92 Å². The van der Waals surface area contributed by atoms with Crippen LogP contribution >= 0.6 is 22.9 Å². The minimum Gasteiger partial charge on any atom is -0.369 e. The maximum absolute atomic E-state index is 12.4. The van der Waals surface area contributed by atoms with Crippen LogP contribution in [0.4, 0.5) is 15.6 Å². The van der Waals surface area contributed by atoms with Crippen LogP contribution in [-0.4, -0.2) is 64.6 Å². The first-order chi connectivity index (χ1) is 14.5. The van der Waals surface area contributed by atoms with Gasteiger partial charge in [0.1, 0.15) is 0 Å². The third-order valence-corrected chi connectivity index (χ3v) is 6.30. The Morgan fingerprint density at radius 3 is 2.80 bits per heavy atom. The molecule has 2 aromatic heterocycles. The predicted molar refractivity (Wildman–Crippen MR) is 119 cm³/mol. The van der Waals surface area contributed by atoms with Gasteiger partial charge in [-0.2, -0.15) is 5.10 Å². The van der Waals surface area contributed by atoms with E-state index in [1.165, 1.54) is 11.3 Å². The second kappa shape index (κ2) is 8.99. The first-order valence-electron chi connectivity index (χ1n) is 9.61. The van der Waals surface area contributed by atoms with E-state index in [9.17, 15) is 4.79 Å². The Morgan fingerprint density at radius 2 is 2.07 bits per heavy atom. The zero-order chi connectivity index (χ0) is 21.1. The van der Waals surface area contributed by atoms with Crippen molar-refractivity contribution in [2.24, 2.45) is 0 Å². The second-order valence-corrected chi connectivity index (χ2v) is 8.54. The largest absolute Gasteiger partial charge is 0.369 e. The molecule has 1 aliphatic heterocycles. The molecular weight excluding hydrogens is 424 g/mol. The van der Waals surface area contributed by atoms with Gasteiger partial charge in [0, 0.05) is 54.7 Å². The molecule has 2 amide bonds. The molecule has 0 radical (unpaired) electrons. The molecule has 0 aliphatic carbocycles. The molecule has 158 valence electrons. The minimum absolute atomic E-state index is 0.319. The van der Waals surface area contributed by atoms with Gasteiger partial charge in [0.25, 0.3) is 0 Å². The number of benzene rings is 1. The van der Waals surface area contributed by atoms with Crippen molar-refractivity contribution in [3.63, 3.8) is 0 Å². The highest BCUT2D eigenvalue weighted by Crippen LogP contribution is 2.29. The molecule has 0 saturated carbocycles. The maximum Gasteiger partial charge on any atom is 0.321 e. The fraction of sp³-hybridized carbons (Fsp3) is 0.368. The summed E-state index contributed by atoms with van der Waals surface area (Å²) in [6, 6.07) is 5.49. The number of aryl methyl sites for hydroxylation is 1. The number of anilines is 2. The van der Waals surface area contributed by atoms with Crippen LogP contribution in [0.1, 0.15) is 11.3 Å². The van der Waals surface area contributed by atoms with E-state index in [0.717, 1.165) is 48.7 Å². The molecule has 0 bridgehead atoms. The van der Waals surface area contributed by atoms with Gasteiger partial charge in [-0.25, -0.2) is 4.79 Å². The van der Waals surface area contributed by atoms with Gasteiger partial charge in [-0.15, -0.1) is 10.2 Å². The zero-order valence-corrected chi connectivity index (χ0v) is 18.3. The topological polar surface area (TPSA) is 102 Å². The molecule has 9 nitrogen and oxygen atoms in total. The van der Waals surface area contributed by atoms with E-state index in [-0.39, 0.29) is 6.03 Å². The number of H-pyrrole nitrogens is 1. The molecule has 1 saturated heterocycles. The van der Waals surface area contributed by atoms with E-state index in [1.54, 1.807) is 6.20 Å². The van der Waals surface area contributed by atoms with Crippen LogP contribution in [0.15, 0.2) is 24.4 Å². The summed E-state index contributed by atoms with van der Waals surface area (Å²) in [6.45, 7) is 6.07. The third kappa shape index (κ3) is 4.55. The lowest BCUT2D eigenvalue weighted by Gasteiger charge is -2.35. The second-order valence-electron chi connectivity index (χ2n) is 7.16. The smallest absolute Gasteiger partial charge is 0.321 e. The first kappa shape index (κ1) is 20.6. The number of urea groups is 1. The Bertz CT molecular complexity index is 1030. The number of carbonyl (C=O) groups excluding carboxylic acids is 1. The Kier molecular flexibility index (Phi) is 6.16. The van der Waals surface area contributed by atoms with Crippen LogP contribution in [-0.2, 0) is 6.54 Å². The van der Waals surface area contributed by atoms with Crippen molar-refractivity contribution in [1.29, 1.82) is 0 Å². The highest BCUT2D eigenvalue weighted by atomic mass is 35.5. The fourth-order valence-corrected chi connectivity index (χ4v) is 4.37. The van der Waals surface area contributed by atoms with Crippen molar-refractivity contribution in [2.75, 3.05) is 43.4 Å². The molecule has 0 atom stereocenters. The van der Waals surface area contributed by atoms with Crippen molar-refractivity contribution >= 4 is 39.8 Å². The number of likely N-dealkylation sites (N-methyl/N-ethyl adjacent to an activating group) is 1. The number of hydrogen-bond donors (Lipinski definition) is 3. The summed E-state index contributed by atoms with van der Waals surface area (Å²) in [5.74, 6) is 0. The van der Waals surface area contributed by atoms with Crippen LogP contribution in [0.5, 0.6) is 0 Å². The number of nitrogens with one attached hydrogen (secondary N) is 3. The van der Waals surface area contributed by atoms with Gasteiger partial charge in [0.15, 0.2) is 5.01 Å². The monoisotopic (exact) mass is 446 g/mol. The Balaban J connectivity index is 1.40. The molecule has 3 N–H and O–H groups in total. The van der Waals surface area contributed by atoms with Gasteiger partial charge in [-0.05, 0) is 26.1 Å². The molecule has 0 spiro atoms. The van der Waals surface area contributed by atoms with Crippen molar-refractivity contribution in [3.8, 4) is 10.6 Å². The van der Waals surface area contributed by atoms with E-state index in [1.807, 2.05) is 19.1 Å². The fourth-order valence-electron chi connectivity index (χ4n) is 3.32. The van der Waals surface area contributed by atoms with E-state index in [2.05, 4.69) is 53.9 Å². The summed E-state index contributed by atoms with van der Waals surface area (Å²) in [5, 5.41) is 22.4.